The van der Waals surface area contributed by atoms with Crippen molar-refractivity contribution < 1.29 is 9.84 Å². The Kier molecular flexibility index (Phi) is 4.98. The van der Waals surface area contributed by atoms with Gasteiger partial charge in [0.15, 0.2) is 0 Å². The zero-order valence-corrected chi connectivity index (χ0v) is 10.0. The highest BCUT2D eigenvalue weighted by atomic mass is 16.5. The van der Waals surface area contributed by atoms with Crippen LogP contribution in [-0.4, -0.2) is 34.8 Å². The maximum atomic E-state index is 8.90. The summed E-state index contributed by atoms with van der Waals surface area (Å²) < 4.78 is 5.32. The van der Waals surface area contributed by atoms with Crippen LogP contribution >= 0.6 is 0 Å². The summed E-state index contributed by atoms with van der Waals surface area (Å²) in [5.74, 6) is 1.30. The van der Waals surface area contributed by atoms with E-state index in [0.29, 0.717) is 25.0 Å². The van der Waals surface area contributed by atoms with E-state index in [2.05, 4.69) is 15.3 Å². The van der Waals surface area contributed by atoms with Gasteiger partial charge in [0.1, 0.15) is 0 Å². The topological polar surface area (TPSA) is 67.3 Å². The first kappa shape index (κ1) is 12.7. The van der Waals surface area contributed by atoms with Crippen molar-refractivity contribution in [2.45, 2.75) is 20.8 Å². The Balaban J connectivity index is 2.64. The molecule has 16 heavy (non-hydrogen) atoms. The summed E-state index contributed by atoms with van der Waals surface area (Å²) in [6.45, 7) is 7.14. The van der Waals surface area contributed by atoms with Gasteiger partial charge in [-0.1, -0.05) is 6.92 Å². The smallest absolute Gasteiger partial charge is 0.226 e. The predicted octanol–water partition coefficient (Wildman–Crippen LogP) is 1.22. The predicted molar refractivity (Wildman–Crippen MR) is 62.7 cm³/mol. The van der Waals surface area contributed by atoms with Crippen molar-refractivity contribution in [1.82, 2.24) is 9.97 Å². The van der Waals surface area contributed by atoms with Gasteiger partial charge in [-0.05, 0) is 19.8 Å². The molecule has 1 aromatic rings. The Labute approximate surface area is 95.9 Å². The molecule has 1 unspecified atom stereocenters. The van der Waals surface area contributed by atoms with E-state index in [1.54, 1.807) is 6.07 Å². The molecule has 5 nitrogen and oxygen atoms in total. The highest BCUT2D eigenvalue weighted by Gasteiger charge is 2.04. The molecule has 1 rings (SSSR count). The second-order valence-electron chi connectivity index (χ2n) is 3.77. The Morgan fingerprint density at radius 3 is 2.88 bits per heavy atom. The summed E-state index contributed by atoms with van der Waals surface area (Å²) in [6, 6.07) is 1.80. The number of hydrogen-bond acceptors (Lipinski definition) is 5. The zero-order chi connectivity index (χ0) is 12.0. The van der Waals surface area contributed by atoms with Gasteiger partial charge in [-0.2, -0.15) is 4.98 Å². The fraction of sp³-hybridized carbons (Fsp3) is 0.636. The highest BCUT2D eigenvalue weighted by Crippen LogP contribution is 2.12. The quantitative estimate of drug-likeness (QED) is 0.762. The third-order valence-electron chi connectivity index (χ3n) is 2.04. The molecule has 0 aliphatic heterocycles. The molecule has 90 valence electrons. The van der Waals surface area contributed by atoms with E-state index in [1.165, 1.54) is 0 Å². The van der Waals surface area contributed by atoms with Crippen LogP contribution in [-0.2, 0) is 0 Å². The molecule has 0 spiro atoms. The third-order valence-corrected chi connectivity index (χ3v) is 2.04. The van der Waals surface area contributed by atoms with E-state index in [1.807, 2.05) is 20.8 Å². The average Bonchev–Trinajstić information content (AvgIpc) is 2.25. The second kappa shape index (κ2) is 6.27. The number of aliphatic hydroxyl groups is 1. The Morgan fingerprint density at radius 2 is 2.25 bits per heavy atom. The Bertz CT molecular complexity index is 331. The zero-order valence-electron chi connectivity index (χ0n) is 10.0. The second-order valence-corrected chi connectivity index (χ2v) is 3.77. The van der Waals surface area contributed by atoms with E-state index < -0.39 is 0 Å². The van der Waals surface area contributed by atoms with Crippen LogP contribution in [0.4, 0.5) is 5.95 Å². The van der Waals surface area contributed by atoms with Crippen LogP contribution in [0.5, 0.6) is 5.88 Å². The number of anilines is 1. The molecule has 0 aromatic carbocycles. The summed E-state index contributed by atoms with van der Waals surface area (Å²) in [6.07, 6.45) is 0. The molecular formula is C11H19N3O2. The SMILES string of the molecule is CCOc1cc(C)nc(NCC(C)CO)n1. The van der Waals surface area contributed by atoms with E-state index in [4.69, 9.17) is 9.84 Å². The van der Waals surface area contributed by atoms with Crippen molar-refractivity contribution in [3.8, 4) is 5.88 Å². The minimum Gasteiger partial charge on any atom is -0.478 e. The van der Waals surface area contributed by atoms with Gasteiger partial charge < -0.3 is 15.2 Å². The third kappa shape index (κ3) is 4.02. The Hall–Kier alpha value is -1.36. The number of hydrogen-bond donors (Lipinski definition) is 2. The van der Waals surface area contributed by atoms with Crippen LogP contribution in [0.3, 0.4) is 0 Å². The molecule has 0 saturated heterocycles. The largest absolute Gasteiger partial charge is 0.478 e. The van der Waals surface area contributed by atoms with Gasteiger partial charge in [-0.15, -0.1) is 0 Å². The number of nitrogens with one attached hydrogen (secondary N) is 1. The molecule has 5 heteroatoms. The molecule has 0 bridgehead atoms. The molecule has 0 radical (unpaired) electrons. The minimum atomic E-state index is 0.150. The van der Waals surface area contributed by atoms with Gasteiger partial charge in [-0.3, -0.25) is 0 Å². The van der Waals surface area contributed by atoms with Crippen LogP contribution < -0.4 is 10.1 Å². The van der Waals surface area contributed by atoms with Gasteiger partial charge in [0.2, 0.25) is 11.8 Å². The fourth-order valence-corrected chi connectivity index (χ4v) is 1.17. The first-order valence-electron chi connectivity index (χ1n) is 5.49. The summed E-state index contributed by atoms with van der Waals surface area (Å²) in [4.78, 5) is 8.44. The van der Waals surface area contributed by atoms with Gasteiger partial charge >= 0.3 is 0 Å². The molecule has 0 aliphatic rings. The standard InChI is InChI=1S/C11H19N3O2/c1-4-16-10-5-9(3)13-11(14-10)12-6-8(2)7-15/h5,8,15H,4,6-7H2,1-3H3,(H,12,13,14). The van der Waals surface area contributed by atoms with Crippen molar-refractivity contribution in [2.24, 2.45) is 5.92 Å². The van der Waals surface area contributed by atoms with Crippen molar-refractivity contribution in [2.75, 3.05) is 25.1 Å². The lowest BCUT2D eigenvalue weighted by Gasteiger charge is -2.11. The molecule has 0 aliphatic carbocycles. The van der Waals surface area contributed by atoms with Gasteiger partial charge in [-0.25, -0.2) is 4.98 Å². The summed E-state index contributed by atoms with van der Waals surface area (Å²) in [5, 5.41) is 12.0. The first-order chi connectivity index (χ1) is 7.65. The van der Waals surface area contributed by atoms with Crippen LogP contribution in [0.1, 0.15) is 19.5 Å². The van der Waals surface area contributed by atoms with E-state index in [0.717, 1.165) is 5.69 Å². The molecule has 0 saturated carbocycles. The highest BCUT2D eigenvalue weighted by molar-refractivity contribution is 5.30. The molecular weight excluding hydrogens is 206 g/mol. The lowest BCUT2D eigenvalue weighted by atomic mass is 10.2. The lowest BCUT2D eigenvalue weighted by Crippen LogP contribution is -2.16. The number of aliphatic hydroxyl groups excluding tert-OH is 1. The van der Waals surface area contributed by atoms with Gasteiger partial charge in [0.25, 0.3) is 0 Å². The van der Waals surface area contributed by atoms with Crippen LogP contribution in [0.25, 0.3) is 0 Å². The Morgan fingerprint density at radius 1 is 1.50 bits per heavy atom. The average molecular weight is 225 g/mol. The van der Waals surface area contributed by atoms with Crippen LogP contribution in [0.15, 0.2) is 6.07 Å². The lowest BCUT2D eigenvalue weighted by molar-refractivity contribution is 0.244. The summed E-state index contributed by atoms with van der Waals surface area (Å²) in [7, 11) is 0. The number of rotatable bonds is 6. The van der Waals surface area contributed by atoms with Crippen LogP contribution in [0.2, 0.25) is 0 Å². The van der Waals surface area contributed by atoms with Crippen molar-refractivity contribution in [1.29, 1.82) is 0 Å². The fourth-order valence-electron chi connectivity index (χ4n) is 1.17. The normalized spacial score (nSPS) is 12.2. The van der Waals surface area contributed by atoms with Crippen molar-refractivity contribution >= 4 is 5.95 Å². The summed E-state index contributed by atoms with van der Waals surface area (Å²) >= 11 is 0. The molecule has 0 fully saturated rings. The van der Waals surface area contributed by atoms with Gasteiger partial charge in [0.05, 0.1) is 6.61 Å². The monoisotopic (exact) mass is 225 g/mol. The molecule has 1 aromatic heterocycles. The minimum absolute atomic E-state index is 0.150. The first-order valence-corrected chi connectivity index (χ1v) is 5.49. The van der Waals surface area contributed by atoms with Crippen LogP contribution in [0, 0.1) is 12.8 Å². The molecule has 2 N–H and O–H groups in total. The van der Waals surface area contributed by atoms with E-state index >= 15 is 0 Å². The van der Waals surface area contributed by atoms with E-state index in [9.17, 15) is 0 Å². The molecule has 0 amide bonds. The van der Waals surface area contributed by atoms with Crippen molar-refractivity contribution in [3.05, 3.63) is 11.8 Å². The molecule has 1 heterocycles. The summed E-state index contributed by atoms with van der Waals surface area (Å²) in [5.41, 5.74) is 0.859. The maximum absolute atomic E-state index is 8.90. The number of ether oxygens (including phenoxy) is 1. The number of nitrogens with zero attached hydrogens (tertiary/aromatic N) is 2. The molecule has 1 atom stereocenters. The van der Waals surface area contributed by atoms with Crippen molar-refractivity contribution in [3.63, 3.8) is 0 Å². The van der Waals surface area contributed by atoms with E-state index in [-0.39, 0.29) is 12.5 Å². The number of aromatic nitrogens is 2. The number of aryl methyl sites for hydroxylation is 1. The van der Waals surface area contributed by atoms with Gasteiger partial charge in [0, 0.05) is 24.9 Å². The maximum Gasteiger partial charge on any atom is 0.226 e.